The molecule has 0 bridgehead atoms. The van der Waals surface area contributed by atoms with Crippen LogP contribution in [-0.4, -0.2) is 28.9 Å². The zero-order chi connectivity index (χ0) is 20.1. The summed E-state index contributed by atoms with van der Waals surface area (Å²) in [6, 6.07) is 11.0. The van der Waals surface area contributed by atoms with Crippen molar-refractivity contribution in [3.8, 4) is 17.0 Å². The highest BCUT2D eigenvalue weighted by Gasteiger charge is 2.13. The van der Waals surface area contributed by atoms with Crippen LogP contribution in [0.25, 0.3) is 11.3 Å². The quantitative estimate of drug-likeness (QED) is 0.663. The third kappa shape index (κ3) is 4.72. The van der Waals surface area contributed by atoms with Crippen LogP contribution in [0.4, 0.5) is 5.13 Å². The molecule has 3 aromatic rings. The Morgan fingerprint density at radius 2 is 1.93 bits per heavy atom. The zero-order valence-electron chi connectivity index (χ0n) is 15.7. The van der Waals surface area contributed by atoms with Crippen molar-refractivity contribution in [3.05, 3.63) is 59.2 Å². The molecule has 2 N–H and O–H groups in total. The molecule has 0 radical (unpaired) electrons. The Bertz CT molecular complexity index is 985. The van der Waals surface area contributed by atoms with Gasteiger partial charge in [0.2, 0.25) is 5.91 Å². The molecule has 1 atom stereocenters. The minimum Gasteiger partial charge on any atom is -0.497 e. The number of nitrogens with one attached hydrogen (secondary N) is 2. The Morgan fingerprint density at radius 1 is 1.18 bits per heavy atom. The van der Waals surface area contributed by atoms with Crippen LogP contribution in [0.5, 0.6) is 5.75 Å². The van der Waals surface area contributed by atoms with Gasteiger partial charge in [-0.25, -0.2) is 4.98 Å². The Labute approximate surface area is 166 Å². The second-order valence-electron chi connectivity index (χ2n) is 6.12. The molecule has 144 valence electrons. The molecule has 1 aromatic carbocycles. The summed E-state index contributed by atoms with van der Waals surface area (Å²) in [5.74, 6) is 0.148. The van der Waals surface area contributed by atoms with E-state index in [1.807, 2.05) is 36.6 Å². The molecule has 2 amide bonds. The summed E-state index contributed by atoms with van der Waals surface area (Å²) in [7, 11) is 1.53. The molecule has 8 heteroatoms. The fourth-order valence-corrected chi connectivity index (χ4v) is 3.33. The third-order valence-electron chi connectivity index (χ3n) is 4.05. The summed E-state index contributed by atoms with van der Waals surface area (Å²) in [5, 5.41) is 7.97. The average Bonchev–Trinajstić information content (AvgIpc) is 3.16. The molecule has 0 aliphatic heterocycles. The zero-order valence-corrected chi connectivity index (χ0v) is 16.5. The van der Waals surface area contributed by atoms with Crippen LogP contribution >= 0.6 is 11.3 Å². The molecule has 28 heavy (non-hydrogen) atoms. The molecular formula is C20H20N4O3S. The lowest BCUT2D eigenvalue weighted by molar-refractivity contribution is -0.119. The van der Waals surface area contributed by atoms with Gasteiger partial charge < -0.3 is 10.1 Å². The number of aromatic nitrogens is 2. The van der Waals surface area contributed by atoms with Crippen molar-refractivity contribution in [2.75, 3.05) is 12.4 Å². The van der Waals surface area contributed by atoms with E-state index in [9.17, 15) is 9.59 Å². The van der Waals surface area contributed by atoms with Gasteiger partial charge in [0.1, 0.15) is 11.4 Å². The molecule has 0 fully saturated rings. The SMILES string of the molecule is COc1ccnc(C(=O)Nc2nc(-c3ccc([C@H](C)NC(C)=O)cc3)cs2)c1. The molecule has 0 saturated carbocycles. The number of thiazole rings is 1. The predicted molar refractivity (Wildman–Crippen MR) is 109 cm³/mol. The number of rotatable bonds is 6. The normalized spacial score (nSPS) is 11.5. The fourth-order valence-electron chi connectivity index (χ4n) is 2.62. The van der Waals surface area contributed by atoms with Crippen molar-refractivity contribution in [1.29, 1.82) is 0 Å². The van der Waals surface area contributed by atoms with Gasteiger partial charge in [0.05, 0.1) is 18.8 Å². The Balaban J connectivity index is 1.69. The van der Waals surface area contributed by atoms with Crippen LogP contribution in [0.3, 0.4) is 0 Å². The summed E-state index contributed by atoms with van der Waals surface area (Å²) in [6.45, 7) is 3.43. The number of anilines is 1. The van der Waals surface area contributed by atoms with Crippen molar-refractivity contribution in [1.82, 2.24) is 15.3 Å². The van der Waals surface area contributed by atoms with E-state index in [0.717, 1.165) is 16.8 Å². The summed E-state index contributed by atoms with van der Waals surface area (Å²) in [4.78, 5) is 32.0. The van der Waals surface area contributed by atoms with Crippen molar-refractivity contribution in [2.45, 2.75) is 19.9 Å². The molecule has 3 rings (SSSR count). The van der Waals surface area contributed by atoms with Gasteiger partial charge in [0.15, 0.2) is 5.13 Å². The molecule has 0 aliphatic carbocycles. The molecule has 0 saturated heterocycles. The summed E-state index contributed by atoms with van der Waals surface area (Å²) in [5.41, 5.74) is 2.95. The molecule has 0 spiro atoms. The molecule has 0 unspecified atom stereocenters. The van der Waals surface area contributed by atoms with Crippen molar-refractivity contribution in [3.63, 3.8) is 0 Å². The van der Waals surface area contributed by atoms with Gasteiger partial charge in [-0.3, -0.25) is 19.9 Å². The van der Waals surface area contributed by atoms with Crippen LogP contribution in [0.1, 0.15) is 35.9 Å². The molecular weight excluding hydrogens is 376 g/mol. The lowest BCUT2D eigenvalue weighted by atomic mass is 10.1. The topological polar surface area (TPSA) is 93.2 Å². The Kier molecular flexibility index (Phi) is 6.00. The highest BCUT2D eigenvalue weighted by molar-refractivity contribution is 7.14. The number of carbonyl (C=O) groups excluding carboxylic acids is 2. The van der Waals surface area contributed by atoms with Crippen LogP contribution in [0.15, 0.2) is 48.0 Å². The number of benzene rings is 1. The molecule has 7 nitrogen and oxygen atoms in total. The van der Waals surface area contributed by atoms with Gasteiger partial charge >= 0.3 is 0 Å². The van der Waals surface area contributed by atoms with Gasteiger partial charge in [-0.05, 0) is 18.6 Å². The minimum absolute atomic E-state index is 0.0628. The molecule has 0 aliphatic rings. The first-order chi connectivity index (χ1) is 13.5. The first-order valence-electron chi connectivity index (χ1n) is 8.60. The lowest BCUT2D eigenvalue weighted by Gasteiger charge is -2.13. The largest absolute Gasteiger partial charge is 0.497 e. The maximum absolute atomic E-state index is 12.3. The number of amides is 2. The maximum atomic E-state index is 12.3. The average molecular weight is 396 g/mol. The fraction of sp³-hybridized carbons (Fsp3) is 0.200. The highest BCUT2D eigenvalue weighted by Crippen LogP contribution is 2.26. The van der Waals surface area contributed by atoms with Gasteiger partial charge in [-0.1, -0.05) is 24.3 Å². The minimum atomic E-state index is -0.348. The van der Waals surface area contributed by atoms with E-state index in [4.69, 9.17) is 4.74 Å². The third-order valence-corrected chi connectivity index (χ3v) is 4.81. The standard InChI is InChI=1S/C20H20N4O3S/c1-12(22-13(2)25)14-4-6-15(7-5-14)18-11-28-20(23-18)24-19(26)17-10-16(27-3)8-9-21-17/h4-12H,1-3H3,(H,22,25)(H,23,24,26)/t12-/m0/s1. The number of carbonyl (C=O) groups is 2. The number of methoxy groups -OCH3 is 1. The van der Waals surface area contributed by atoms with E-state index in [1.165, 1.54) is 31.6 Å². The van der Waals surface area contributed by atoms with E-state index < -0.39 is 0 Å². The van der Waals surface area contributed by atoms with Crippen LogP contribution < -0.4 is 15.4 Å². The number of ether oxygens (including phenoxy) is 1. The van der Waals surface area contributed by atoms with Crippen LogP contribution in [0.2, 0.25) is 0 Å². The Morgan fingerprint density at radius 3 is 2.61 bits per heavy atom. The summed E-state index contributed by atoms with van der Waals surface area (Å²) >= 11 is 1.34. The number of pyridine rings is 1. The monoisotopic (exact) mass is 396 g/mol. The first kappa shape index (κ1) is 19.5. The van der Waals surface area contributed by atoms with Crippen LogP contribution in [0, 0.1) is 0 Å². The van der Waals surface area contributed by atoms with Gasteiger partial charge in [-0.15, -0.1) is 11.3 Å². The second kappa shape index (κ2) is 8.62. The second-order valence-corrected chi connectivity index (χ2v) is 6.98. The van der Waals surface area contributed by atoms with E-state index in [1.54, 1.807) is 12.1 Å². The molecule has 2 heterocycles. The van der Waals surface area contributed by atoms with Crippen molar-refractivity contribution in [2.24, 2.45) is 0 Å². The van der Waals surface area contributed by atoms with E-state index in [2.05, 4.69) is 20.6 Å². The van der Waals surface area contributed by atoms with Gasteiger partial charge in [0.25, 0.3) is 5.91 Å². The van der Waals surface area contributed by atoms with E-state index in [-0.39, 0.29) is 23.6 Å². The van der Waals surface area contributed by atoms with Crippen molar-refractivity contribution >= 4 is 28.3 Å². The van der Waals surface area contributed by atoms with Crippen LogP contribution in [-0.2, 0) is 4.79 Å². The predicted octanol–water partition coefficient (Wildman–Crippen LogP) is 3.66. The number of hydrogen-bond acceptors (Lipinski definition) is 6. The summed E-state index contributed by atoms with van der Waals surface area (Å²) < 4.78 is 5.11. The summed E-state index contributed by atoms with van der Waals surface area (Å²) in [6.07, 6.45) is 1.52. The first-order valence-corrected chi connectivity index (χ1v) is 9.48. The lowest BCUT2D eigenvalue weighted by Crippen LogP contribution is -2.23. The van der Waals surface area contributed by atoms with Crippen molar-refractivity contribution < 1.29 is 14.3 Å². The highest BCUT2D eigenvalue weighted by atomic mass is 32.1. The molecule has 2 aromatic heterocycles. The van der Waals surface area contributed by atoms with E-state index in [0.29, 0.717) is 10.9 Å². The van der Waals surface area contributed by atoms with Gasteiger partial charge in [-0.2, -0.15) is 0 Å². The van der Waals surface area contributed by atoms with E-state index >= 15 is 0 Å². The van der Waals surface area contributed by atoms with Gasteiger partial charge in [0, 0.05) is 30.1 Å². The number of nitrogens with zero attached hydrogens (tertiary/aromatic N) is 2. The number of hydrogen-bond donors (Lipinski definition) is 2. The smallest absolute Gasteiger partial charge is 0.276 e. The maximum Gasteiger partial charge on any atom is 0.276 e. The Hall–Kier alpha value is -3.26.